The predicted octanol–water partition coefficient (Wildman–Crippen LogP) is 5.50. The highest BCUT2D eigenvalue weighted by Gasteiger charge is 2.27. The lowest BCUT2D eigenvalue weighted by Crippen LogP contribution is -2.40. The number of hydrogen-bond donors (Lipinski definition) is 1. The van der Waals surface area contributed by atoms with Crippen LogP contribution in [0, 0.1) is 19.8 Å². The van der Waals surface area contributed by atoms with Crippen molar-refractivity contribution < 1.29 is 9.32 Å². The molecule has 1 aliphatic rings. The van der Waals surface area contributed by atoms with Crippen molar-refractivity contribution in [3.8, 4) is 11.4 Å². The standard InChI is InChI=1S/C27H34N4O2/c1-18-8-6-9-19(2)24(18)29-26(32)21-10-7-15-31(16-21)17-23-28-25(30-33-23)20-11-13-22(14-12-20)27(3,4)5/h6,8-9,11-14,21H,7,10,15-17H2,1-5H3,(H,29,32). The average molecular weight is 447 g/mol. The minimum absolute atomic E-state index is 0.0508. The SMILES string of the molecule is Cc1cccc(C)c1NC(=O)C1CCCN(Cc2nc(-c3ccc(C(C)(C)C)cc3)no2)C1. The number of para-hydroxylation sites is 1. The Balaban J connectivity index is 1.38. The van der Waals surface area contributed by atoms with Crippen LogP contribution in [0.5, 0.6) is 0 Å². The summed E-state index contributed by atoms with van der Waals surface area (Å²) in [7, 11) is 0. The van der Waals surface area contributed by atoms with Gasteiger partial charge in [0, 0.05) is 17.8 Å². The highest BCUT2D eigenvalue weighted by atomic mass is 16.5. The number of aryl methyl sites for hydroxylation is 2. The molecule has 0 radical (unpaired) electrons. The lowest BCUT2D eigenvalue weighted by molar-refractivity contribution is -0.121. The Bertz CT molecular complexity index is 1090. The lowest BCUT2D eigenvalue weighted by Gasteiger charge is -2.31. The fraction of sp³-hybridized carbons (Fsp3) is 0.444. The molecule has 4 rings (SSSR count). The van der Waals surface area contributed by atoms with Gasteiger partial charge >= 0.3 is 0 Å². The summed E-state index contributed by atoms with van der Waals surface area (Å²) in [5.74, 6) is 1.22. The van der Waals surface area contributed by atoms with Crippen molar-refractivity contribution in [2.24, 2.45) is 5.92 Å². The molecule has 1 aromatic heterocycles. The van der Waals surface area contributed by atoms with Gasteiger partial charge in [-0.2, -0.15) is 4.98 Å². The summed E-state index contributed by atoms with van der Waals surface area (Å²) < 4.78 is 5.54. The molecule has 0 aliphatic carbocycles. The number of carbonyl (C=O) groups is 1. The van der Waals surface area contributed by atoms with Crippen LogP contribution in [0.1, 0.15) is 56.2 Å². The zero-order valence-electron chi connectivity index (χ0n) is 20.3. The van der Waals surface area contributed by atoms with Crippen LogP contribution in [0.4, 0.5) is 5.69 Å². The third-order valence-corrected chi connectivity index (χ3v) is 6.44. The second-order valence-electron chi connectivity index (χ2n) is 10.2. The molecule has 2 heterocycles. The lowest BCUT2D eigenvalue weighted by atomic mass is 9.87. The summed E-state index contributed by atoms with van der Waals surface area (Å²) in [4.78, 5) is 19.8. The van der Waals surface area contributed by atoms with Crippen LogP contribution >= 0.6 is 0 Å². The van der Waals surface area contributed by atoms with E-state index >= 15 is 0 Å². The topological polar surface area (TPSA) is 71.3 Å². The number of aromatic nitrogens is 2. The normalized spacial score (nSPS) is 17.2. The number of piperidine rings is 1. The van der Waals surface area contributed by atoms with Crippen molar-refractivity contribution in [3.63, 3.8) is 0 Å². The Morgan fingerprint density at radius 3 is 2.48 bits per heavy atom. The molecule has 0 bridgehead atoms. The maximum Gasteiger partial charge on any atom is 0.241 e. The molecule has 1 N–H and O–H groups in total. The van der Waals surface area contributed by atoms with Gasteiger partial charge in [0.25, 0.3) is 0 Å². The Labute approximate surface area is 196 Å². The summed E-state index contributed by atoms with van der Waals surface area (Å²) >= 11 is 0. The van der Waals surface area contributed by atoms with Gasteiger partial charge < -0.3 is 9.84 Å². The van der Waals surface area contributed by atoms with Crippen LogP contribution in [0.2, 0.25) is 0 Å². The van der Waals surface area contributed by atoms with E-state index in [1.54, 1.807) is 0 Å². The van der Waals surface area contributed by atoms with Crippen LogP contribution in [0.25, 0.3) is 11.4 Å². The maximum atomic E-state index is 13.0. The Morgan fingerprint density at radius 1 is 1.12 bits per heavy atom. The Kier molecular flexibility index (Phi) is 6.66. The Hall–Kier alpha value is -2.99. The van der Waals surface area contributed by atoms with Gasteiger partial charge in [-0.15, -0.1) is 0 Å². The van der Waals surface area contributed by atoms with Crippen molar-refractivity contribution in [3.05, 3.63) is 65.0 Å². The first kappa shape index (κ1) is 23.2. The van der Waals surface area contributed by atoms with E-state index in [1.165, 1.54) is 5.56 Å². The number of benzene rings is 2. The molecule has 2 aromatic carbocycles. The van der Waals surface area contributed by atoms with Crippen molar-refractivity contribution in [1.82, 2.24) is 15.0 Å². The summed E-state index contributed by atoms with van der Waals surface area (Å²) in [5, 5.41) is 7.34. The molecule has 1 saturated heterocycles. The Morgan fingerprint density at radius 2 is 1.82 bits per heavy atom. The molecule has 6 heteroatoms. The van der Waals surface area contributed by atoms with E-state index in [-0.39, 0.29) is 17.2 Å². The summed E-state index contributed by atoms with van der Waals surface area (Å²) in [6, 6.07) is 14.4. The van der Waals surface area contributed by atoms with E-state index in [4.69, 9.17) is 4.52 Å². The van der Waals surface area contributed by atoms with E-state index in [9.17, 15) is 4.79 Å². The molecule has 0 spiro atoms. The van der Waals surface area contributed by atoms with Crippen LogP contribution in [-0.2, 0) is 16.8 Å². The number of nitrogens with one attached hydrogen (secondary N) is 1. The molecular formula is C27H34N4O2. The quantitative estimate of drug-likeness (QED) is 0.560. The van der Waals surface area contributed by atoms with Crippen LogP contribution in [0.15, 0.2) is 47.0 Å². The second kappa shape index (κ2) is 9.48. The first-order valence-corrected chi connectivity index (χ1v) is 11.7. The third-order valence-electron chi connectivity index (χ3n) is 6.44. The van der Waals surface area contributed by atoms with Gasteiger partial charge in [-0.1, -0.05) is 68.4 Å². The minimum atomic E-state index is -0.0508. The second-order valence-corrected chi connectivity index (χ2v) is 10.2. The third kappa shape index (κ3) is 5.50. The minimum Gasteiger partial charge on any atom is -0.338 e. The number of amides is 1. The van der Waals surface area contributed by atoms with E-state index in [0.717, 1.165) is 41.8 Å². The molecule has 1 aliphatic heterocycles. The highest BCUT2D eigenvalue weighted by molar-refractivity contribution is 5.94. The first-order valence-electron chi connectivity index (χ1n) is 11.7. The van der Waals surface area contributed by atoms with Gasteiger partial charge in [0.1, 0.15) is 0 Å². The van der Waals surface area contributed by atoms with Crippen LogP contribution in [0.3, 0.4) is 0 Å². The molecule has 0 saturated carbocycles. The van der Waals surface area contributed by atoms with Crippen molar-refractivity contribution in [2.75, 3.05) is 18.4 Å². The van der Waals surface area contributed by atoms with Crippen LogP contribution < -0.4 is 5.32 Å². The fourth-order valence-electron chi connectivity index (χ4n) is 4.40. The molecular weight excluding hydrogens is 412 g/mol. The molecule has 33 heavy (non-hydrogen) atoms. The van der Waals surface area contributed by atoms with E-state index in [1.807, 2.05) is 44.2 Å². The molecule has 6 nitrogen and oxygen atoms in total. The zero-order chi connectivity index (χ0) is 23.6. The van der Waals surface area contributed by atoms with Gasteiger partial charge in [0.2, 0.25) is 17.6 Å². The zero-order valence-corrected chi connectivity index (χ0v) is 20.3. The van der Waals surface area contributed by atoms with Gasteiger partial charge in [0.15, 0.2) is 0 Å². The smallest absolute Gasteiger partial charge is 0.241 e. The van der Waals surface area contributed by atoms with Crippen molar-refractivity contribution >= 4 is 11.6 Å². The highest BCUT2D eigenvalue weighted by Crippen LogP contribution is 2.26. The number of rotatable bonds is 5. The van der Waals surface area contributed by atoms with Crippen molar-refractivity contribution in [1.29, 1.82) is 0 Å². The van der Waals surface area contributed by atoms with E-state index in [2.05, 4.69) is 53.3 Å². The molecule has 1 unspecified atom stereocenters. The fourth-order valence-corrected chi connectivity index (χ4v) is 4.40. The van der Waals surface area contributed by atoms with Crippen LogP contribution in [-0.4, -0.2) is 34.0 Å². The number of hydrogen-bond acceptors (Lipinski definition) is 5. The summed E-state index contributed by atoms with van der Waals surface area (Å²) in [6.07, 6.45) is 1.86. The monoisotopic (exact) mass is 446 g/mol. The molecule has 3 aromatic rings. The number of likely N-dealkylation sites (tertiary alicyclic amines) is 1. The average Bonchev–Trinajstić information content (AvgIpc) is 3.24. The molecule has 1 atom stereocenters. The van der Waals surface area contributed by atoms with Crippen molar-refractivity contribution in [2.45, 2.75) is 59.4 Å². The van der Waals surface area contributed by atoms with Gasteiger partial charge in [-0.25, -0.2) is 0 Å². The summed E-state index contributed by atoms with van der Waals surface area (Å²) in [6.45, 7) is 12.8. The van der Waals surface area contributed by atoms with Gasteiger partial charge in [-0.05, 0) is 55.3 Å². The van der Waals surface area contributed by atoms with Gasteiger partial charge in [0.05, 0.1) is 12.5 Å². The number of anilines is 1. The molecule has 1 amide bonds. The van der Waals surface area contributed by atoms with E-state index < -0.39 is 0 Å². The van der Waals surface area contributed by atoms with E-state index in [0.29, 0.717) is 24.8 Å². The number of carbonyl (C=O) groups excluding carboxylic acids is 1. The predicted molar refractivity (Wildman–Crippen MR) is 131 cm³/mol. The largest absolute Gasteiger partial charge is 0.338 e. The summed E-state index contributed by atoms with van der Waals surface area (Å²) in [5.41, 5.74) is 5.43. The molecule has 174 valence electrons. The number of nitrogens with zero attached hydrogens (tertiary/aromatic N) is 3. The first-order chi connectivity index (χ1) is 15.7. The maximum absolute atomic E-state index is 13.0. The molecule has 1 fully saturated rings. The van der Waals surface area contributed by atoms with Gasteiger partial charge in [-0.3, -0.25) is 9.69 Å².